The Bertz CT molecular complexity index is 644. The highest BCUT2D eigenvalue weighted by molar-refractivity contribution is 5.32. The van der Waals surface area contributed by atoms with Gasteiger partial charge in [-0.05, 0) is 48.8 Å². The molecule has 1 saturated heterocycles. The molecule has 1 fully saturated rings. The molecule has 1 heterocycles. The van der Waals surface area contributed by atoms with Crippen LogP contribution in [0.1, 0.15) is 48.4 Å². The van der Waals surface area contributed by atoms with Gasteiger partial charge in [0.1, 0.15) is 0 Å². The number of nitrogens with zero attached hydrogens (tertiary/aromatic N) is 1. The van der Waals surface area contributed by atoms with Crippen molar-refractivity contribution >= 4 is 0 Å². The number of hydrogen-bond donors (Lipinski definition) is 1. The molecular formula is C22H28N2. The van der Waals surface area contributed by atoms with Gasteiger partial charge in [-0.15, -0.1) is 0 Å². The molecule has 1 aliphatic heterocycles. The smallest absolute Gasteiger partial charge is 0.0350 e. The summed E-state index contributed by atoms with van der Waals surface area (Å²) in [4.78, 5) is 2.73. The summed E-state index contributed by atoms with van der Waals surface area (Å²) in [5, 5.41) is 3.75. The van der Waals surface area contributed by atoms with Crippen molar-refractivity contribution < 1.29 is 0 Å². The van der Waals surface area contributed by atoms with Crippen molar-refractivity contribution in [2.75, 3.05) is 13.1 Å². The van der Waals surface area contributed by atoms with Crippen molar-refractivity contribution in [3.05, 3.63) is 71.3 Å². The molecule has 2 aromatic rings. The SMILES string of the molecule is c1ccc(CNC2CCN(C3CCCc4ccccc43)CC2)cc1. The van der Waals surface area contributed by atoms with E-state index in [1.165, 1.54) is 50.8 Å². The lowest BCUT2D eigenvalue weighted by molar-refractivity contribution is 0.130. The van der Waals surface area contributed by atoms with Crippen LogP contribution in [0.5, 0.6) is 0 Å². The van der Waals surface area contributed by atoms with E-state index in [9.17, 15) is 0 Å². The zero-order valence-electron chi connectivity index (χ0n) is 14.5. The van der Waals surface area contributed by atoms with E-state index in [4.69, 9.17) is 0 Å². The van der Waals surface area contributed by atoms with E-state index in [1.54, 1.807) is 11.1 Å². The number of hydrogen-bond acceptors (Lipinski definition) is 2. The predicted octanol–water partition coefficient (Wildman–Crippen LogP) is 4.32. The quantitative estimate of drug-likeness (QED) is 0.902. The Morgan fingerprint density at radius 3 is 2.46 bits per heavy atom. The van der Waals surface area contributed by atoms with Gasteiger partial charge in [0.25, 0.3) is 0 Å². The number of aryl methyl sites for hydroxylation is 1. The molecule has 1 N–H and O–H groups in total. The van der Waals surface area contributed by atoms with Crippen molar-refractivity contribution in [1.29, 1.82) is 0 Å². The van der Waals surface area contributed by atoms with E-state index in [0.717, 1.165) is 6.54 Å². The van der Waals surface area contributed by atoms with Crippen LogP contribution >= 0.6 is 0 Å². The highest BCUT2D eigenvalue weighted by atomic mass is 15.2. The molecule has 2 heteroatoms. The minimum atomic E-state index is 0.657. The molecule has 0 spiro atoms. The summed E-state index contributed by atoms with van der Waals surface area (Å²) in [6, 6.07) is 21.2. The van der Waals surface area contributed by atoms with Crippen LogP contribution < -0.4 is 5.32 Å². The van der Waals surface area contributed by atoms with Crippen LogP contribution in [0.4, 0.5) is 0 Å². The van der Waals surface area contributed by atoms with Gasteiger partial charge in [0.05, 0.1) is 0 Å². The van der Waals surface area contributed by atoms with Crippen LogP contribution in [0.2, 0.25) is 0 Å². The van der Waals surface area contributed by atoms with Crippen molar-refractivity contribution in [3.8, 4) is 0 Å². The van der Waals surface area contributed by atoms with Gasteiger partial charge in [-0.2, -0.15) is 0 Å². The van der Waals surface area contributed by atoms with E-state index in [1.807, 2.05) is 0 Å². The first-order chi connectivity index (χ1) is 11.9. The van der Waals surface area contributed by atoms with Gasteiger partial charge in [0.15, 0.2) is 0 Å². The van der Waals surface area contributed by atoms with Crippen molar-refractivity contribution in [2.45, 2.75) is 50.7 Å². The highest BCUT2D eigenvalue weighted by Crippen LogP contribution is 2.35. The lowest BCUT2D eigenvalue weighted by Crippen LogP contribution is -2.44. The molecule has 1 atom stereocenters. The summed E-state index contributed by atoms with van der Waals surface area (Å²) in [7, 11) is 0. The molecule has 0 bridgehead atoms. The van der Waals surface area contributed by atoms with E-state index >= 15 is 0 Å². The highest BCUT2D eigenvalue weighted by Gasteiger charge is 2.28. The monoisotopic (exact) mass is 320 g/mol. The Kier molecular flexibility index (Phi) is 4.96. The van der Waals surface area contributed by atoms with E-state index in [2.05, 4.69) is 64.8 Å². The third-order valence-corrected chi connectivity index (χ3v) is 5.75. The van der Waals surface area contributed by atoms with Crippen LogP contribution in [0.15, 0.2) is 54.6 Å². The average molecular weight is 320 g/mol. The Morgan fingerprint density at radius 1 is 0.875 bits per heavy atom. The average Bonchev–Trinajstić information content (AvgIpc) is 2.67. The number of likely N-dealkylation sites (tertiary alicyclic amines) is 1. The topological polar surface area (TPSA) is 15.3 Å². The molecule has 2 aromatic carbocycles. The lowest BCUT2D eigenvalue weighted by Gasteiger charge is -2.40. The number of fused-ring (bicyclic) bond motifs is 1. The van der Waals surface area contributed by atoms with E-state index < -0.39 is 0 Å². The van der Waals surface area contributed by atoms with Gasteiger partial charge < -0.3 is 5.32 Å². The summed E-state index contributed by atoms with van der Waals surface area (Å²) in [5.74, 6) is 0. The first-order valence-electron chi connectivity index (χ1n) is 9.49. The molecule has 126 valence electrons. The van der Waals surface area contributed by atoms with E-state index in [-0.39, 0.29) is 0 Å². The maximum absolute atomic E-state index is 3.75. The molecule has 4 rings (SSSR count). The predicted molar refractivity (Wildman–Crippen MR) is 100.0 cm³/mol. The maximum atomic E-state index is 3.75. The minimum Gasteiger partial charge on any atom is -0.310 e. The van der Waals surface area contributed by atoms with Crippen molar-refractivity contribution in [1.82, 2.24) is 10.2 Å². The Balaban J connectivity index is 1.32. The largest absolute Gasteiger partial charge is 0.310 e. The van der Waals surface area contributed by atoms with Crippen molar-refractivity contribution in [2.24, 2.45) is 0 Å². The molecule has 2 aliphatic rings. The molecular weight excluding hydrogens is 292 g/mol. The van der Waals surface area contributed by atoms with Gasteiger partial charge in [-0.1, -0.05) is 54.6 Å². The molecule has 2 nitrogen and oxygen atoms in total. The van der Waals surface area contributed by atoms with Gasteiger partial charge in [-0.25, -0.2) is 0 Å². The second-order valence-corrected chi connectivity index (χ2v) is 7.28. The first kappa shape index (κ1) is 15.9. The van der Waals surface area contributed by atoms with Crippen LogP contribution in [-0.2, 0) is 13.0 Å². The molecule has 0 radical (unpaired) electrons. The molecule has 0 amide bonds. The molecule has 24 heavy (non-hydrogen) atoms. The van der Waals surface area contributed by atoms with E-state index in [0.29, 0.717) is 12.1 Å². The van der Waals surface area contributed by atoms with Gasteiger partial charge in [-0.3, -0.25) is 4.90 Å². The van der Waals surface area contributed by atoms with Crippen LogP contribution in [0.25, 0.3) is 0 Å². The Morgan fingerprint density at radius 2 is 1.62 bits per heavy atom. The maximum Gasteiger partial charge on any atom is 0.0350 e. The summed E-state index contributed by atoms with van der Waals surface area (Å²) < 4.78 is 0. The second-order valence-electron chi connectivity index (χ2n) is 7.28. The number of benzene rings is 2. The number of rotatable bonds is 4. The summed E-state index contributed by atoms with van der Waals surface area (Å²) in [5.41, 5.74) is 4.57. The molecule has 0 saturated carbocycles. The van der Waals surface area contributed by atoms with Gasteiger partial charge in [0.2, 0.25) is 0 Å². The Labute approximate surface area is 145 Å². The molecule has 1 aliphatic carbocycles. The first-order valence-corrected chi connectivity index (χ1v) is 9.49. The zero-order valence-corrected chi connectivity index (χ0v) is 14.5. The zero-order chi connectivity index (χ0) is 16.2. The summed E-state index contributed by atoms with van der Waals surface area (Å²) >= 11 is 0. The minimum absolute atomic E-state index is 0.657. The van der Waals surface area contributed by atoms with Crippen molar-refractivity contribution in [3.63, 3.8) is 0 Å². The van der Waals surface area contributed by atoms with Crippen LogP contribution in [-0.4, -0.2) is 24.0 Å². The number of piperidine rings is 1. The van der Waals surface area contributed by atoms with Gasteiger partial charge >= 0.3 is 0 Å². The summed E-state index contributed by atoms with van der Waals surface area (Å²) in [6.07, 6.45) is 6.48. The van der Waals surface area contributed by atoms with Gasteiger partial charge in [0, 0.05) is 31.7 Å². The fourth-order valence-electron chi connectivity index (χ4n) is 4.38. The third-order valence-electron chi connectivity index (χ3n) is 5.75. The fourth-order valence-corrected chi connectivity index (χ4v) is 4.38. The van der Waals surface area contributed by atoms with Crippen LogP contribution in [0, 0.1) is 0 Å². The Hall–Kier alpha value is -1.64. The van der Waals surface area contributed by atoms with Crippen LogP contribution in [0.3, 0.4) is 0 Å². The standard InChI is InChI=1S/C22H28N2/c1-2-7-18(8-3-1)17-23-20-13-15-24(16-14-20)22-12-6-10-19-9-4-5-11-21(19)22/h1-5,7-9,11,20,22-23H,6,10,12-17H2. The summed E-state index contributed by atoms with van der Waals surface area (Å²) in [6.45, 7) is 3.45. The fraction of sp³-hybridized carbons (Fsp3) is 0.455. The molecule has 0 aromatic heterocycles. The third kappa shape index (κ3) is 3.55. The number of nitrogens with one attached hydrogen (secondary N) is 1. The normalized spacial score (nSPS) is 22.2. The second kappa shape index (κ2) is 7.50. The lowest BCUT2D eigenvalue weighted by atomic mass is 9.86. The molecule has 1 unspecified atom stereocenters.